The van der Waals surface area contributed by atoms with Crippen molar-refractivity contribution in [1.82, 2.24) is 9.97 Å². The molecule has 1 aromatic heterocycles. The highest BCUT2D eigenvalue weighted by atomic mass is 16.3. The molecule has 1 aromatic rings. The zero-order valence-electron chi connectivity index (χ0n) is 7.78. The van der Waals surface area contributed by atoms with Crippen LogP contribution in [0.5, 0.6) is 0 Å². The van der Waals surface area contributed by atoms with Crippen molar-refractivity contribution in [2.24, 2.45) is 0 Å². The predicted octanol–water partition coefficient (Wildman–Crippen LogP) is 1.23. The third-order valence-electron chi connectivity index (χ3n) is 1.61. The maximum atomic E-state index is 9.58. The van der Waals surface area contributed by atoms with Crippen LogP contribution in [0.25, 0.3) is 0 Å². The molecule has 0 aromatic carbocycles. The van der Waals surface area contributed by atoms with E-state index >= 15 is 0 Å². The second-order valence-corrected chi connectivity index (χ2v) is 2.68. The van der Waals surface area contributed by atoms with Gasteiger partial charge in [-0.1, -0.05) is 0 Å². The molecule has 13 heavy (non-hydrogen) atoms. The van der Waals surface area contributed by atoms with Gasteiger partial charge in [0.15, 0.2) is 0 Å². The first-order valence-electron chi connectivity index (χ1n) is 4.11. The Morgan fingerprint density at radius 1 is 1.62 bits per heavy atom. The van der Waals surface area contributed by atoms with E-state index in [0.29, 0.717) is 17.9 Å². The van der Waals surface area contributed by atoms with Gasteiger partial charge in [-0.05, 0) is 19.9 Å². The molecule has 3 heteroatoms. The van der Waals surface area contributed by atoms with Gasteiger partial charge in [0, 0.05) is 12.6 Å². The van der Waals surface area contributed by atoms with Crippen LogP contribution >= 0.6 is 0 Å². The van der Waals surface area contributed by atoms with E-state index in [1.807, 2.05) is 0 Å². The van der Waals surface area contributed by atoms with Crippen molar-refractivity contribution in [1.29, 1.82) is 0 Å². The van der Waals surface area contributed by atoms with Crippen LogP contribution in [-0.4, -0.2) is 15.1 Å². The normalized spacial score (nSPS) is 11.6. The molecule has 1 N–H and O–H groups in total. The molecular weight excluding hydrogens is 164 g/mol. The number of nitrogens with zero attached hydrogens (tertiary/aromatic N) is 2. The standard InChI is InChI=1S/C10H12N2O/c1-3-4-5-10(13)9-6-7-11-8(2)12-9/h6-7,10,13H,5H2,1-2H3. The van der Waals surface area contributed by atoms with Crippen molar-refractivity contribution in [2.45, 2.75) is 26.4 Å². The summed E-state index contributed by atoms with van der Waals surface area (Å²) < 4.78 is 0. The minimum atomic E-state index is -0.603. The molecule has 0 aliphatic heterocycles. The topological polar surface area (TPSA) is 46.0 Å². The lowest BCUT2D eigenvalue weighted by Gasteiger charge is -2.05. The van der Waals surface area contributed by atoms with Crippen LogP contribution in [0.4, 0.5) is 0 Å². The second kappa shape index (κ2) is 4.58. The predicted molar refractivity (Wildman–Crippen MR) is 49.8 cm³/mol. The lowest BCUT2D eigenvalue weighted by atomic mass is 10.2. The molecule has 0 amide bonds. The molecule has 0 bridgehead atoms. The fourth-order valence-electron chi connectivity index (χ4n) is 0.963. The summed E-state index contributed by atoms with van der Waals surface area (Å²) in [5.41, 5.74) is 0.634. The third kappa shape index (κ3) is 2.85. The summed E-state index contributed by atoms with van der Waals surface area (Å²) in [5.74, 6) is 6.20. The molecule has 1 atom stereocenters. The third-order valence-corrected chi connectivity index (χ3v) is 1.61. The van der Waals surface area contributed by atoms with Crippen molar-refractivity contribution in [3.05, 3.63) is 23.8 Å². The van der Waals surface area contributed by atoms with Gasteiger partial charge in [0.05, 0.1) is 5.69 Å². The van der Waals surface area contributed by atoms with E-state index in [2.05, 4.69) is 21.8 Å². The SMILES string of the molecule is CC#CCC(O)c1ccnc(C)n1. The Kier molecular flexibility index (Phi) is 3.41. The summed E-state index contributed by atoms with van der Waals surface area (Å²) in [4.78, 5) is 8.04. The monoisotopic (exact) mass is 176 g/mol. The molecule has 1 rings (SSSR count). The molecule has 0 aliphatic rings. The average molecular weight is 176 g/mol. The van der Waals surface area contributed by atoms with Gasteiger partial charge in [0.2, 0.25) is 0 Å². The van der Waals surface area contributed by atoms with Crippen molar-refractivity contribution < 1.29 is 5.11 Å². The van der Waals surface area contributed by atoms with E-state index < -0.39 is 6.10 Å². The lowest BCUT2D eigenvalue weighted by Crippen LogP contribution is -2.01. The van der Waals surface area contributed by atoms with Crippen molar-refractivity contribution in [3.8, 4) is 11.8 Å². The van der Waals surface area contributed by atoms with Gasteiger partial charge in [-0.3, -0.25) is 0 Å². The van der Waals surface area contributed by atoms with Crippen LogP contribution in [0.1, 0.15) is 31.0 Å². The van der Waals surface area contributed by atoms with E-state index in [0.717, 1.165) is 0 Å². The Balaban J connectivity index is 2.74. The van der Waals surface area contributed by atoms with Crippen molar-refractivity contribution in [3.63, 3.8) is 0 Å². The molecule has 0 fully saturated rings. The molecule has 0 saturated carbocycles. The zero-order valence-corrected chi connectivity index (χ0v) is 7.78. The Bertz CT molecular complexity index is 338. The highest BCUT2D eigenvalue weighted by Crippen LogP contribution is 2.12. The molecule has 3 nitrogen and oxygen atoms in total. The maximum Gasteiger partial charge on any atom is 0.125 e. The van der Waals surface area contributed by atoms with Gasteiger partial charge in [0.25, 0.3) is 0 Å². The maximum absolute atomic E-state index is 9.58. The van der Waals surface area contributed by atoms with E-state index in [4.69, 9.17) is 0 Å². The largest absolute Gasteiger partial charge is 0.386 e. The Hall–Kier alpha value is -1.40. The molecule has 0 saturated heterocycles. The molecule has 1 unspecified atom stereocenters. The minimum absolute atomic E-state index is 0.424. The Labute approximate surface area is 77.9 Å². The zero-order chi connectivity index (χ0) is 9.68. The molecule has 68 valence electrons. The number of aliphatic hydroxyl groups excluding tert-OH is 1. The number of hydrogen-bond acceptors (Lipinski definition) is 3. The second-order valence-electron chi connectivity index (χ2n) is 2.68. The Morgan fingerprint density at radius 2 is 2.38 bits per heavy atom. The first-order chi connectivity index (χ1) is 6.24. The summed E-state index contributed by atoms with van der Waals surface area (Å²) >= 11 is 0. The van der Waals surface area contributed by atoms with Gasteiger partial charge in [-0.15, -0.1) is 11.8 Å². The van der Waals surface area contributed by atoms with Gasteiger partial charge in [0.1, 0.15) is 11.9 Å². The van der Waals surface area contributed by atoms with Crippen LogP contribution in [0.3, 0.4) is 0 Å². The molecule has 0 spiro atoms. The smallest absolute Gasteiger partial charge is 0.125 e. The number of aliphatic hydroxyl groups is 1. The summed E-state index contributed by atoms with van der Waals surface area (Å²) in [6.45, 7) is 3.54. The fourth-order valence-corrected chi connectivity index (χ4v) is 0.963. The van der Waals surface area contributed by atoms with Gasteiger partial charge in [-0.25, -0.2) is 9.97 Å². The minimum Gasteiger partial charge on any atom is -0.386 e. The number of rotatable bonds is 2. The van der Waals surface area contributed by atoms with Gasteiger partial charge < -0.3 is 5.11 Å². The van der Waals surface area contributed by atoms with Crippen molar-refractivity contribution in [2.75, 3.05) is 0 Å². The quantitative estimate of drug-likeness (QED) is 0.689. The van der Waals surface area contributed by atoms with Gasteiger partial charge in [-0.2, -0.15) is 0 Å². The number of aryl methyl sites for hydroxylation is 1. The Morgan fingerprint density at radius 3 is 3.00 bits per heavy atom. The van der Waals surface area contributed by atoms with Crippen LogP contribution in [0.2, 0.25) is 0 Å². The molecule has 0 aliphatic carbocycles. The van der Waals surface area contributed by atoms with Crippen LogP contribution < -0.4 is 0 Å². The lowest BCUT2D eigenvalue weighted by molar-refractivity contribution is 0.178. The summed E-state index contributed by atoms with van der Waals surface area (Å²) in [7, 11) is 0. The molecular formula is C10H12N2O. The van der Waals surface area contributed by atoms with Gasteiger partial charge >= 0.3 is 0 Å². The highest BCUT2D eigenvalue weighted by Gasteiger charge is 2.06. The molecule has 1 heterocycles. The van der Waals surface area contributed by atoms with Crippen LogP contribution in [0.15, 0.2) is 12.3 Å². The fraction of sp³-hybridized carbons (Fsp3) is 0.400. The first-order valence-corrected chi connectivity index (χ1v) is 4.11. The highest BCUT2D eigenvalue weighted by molar-refractivity contribution is 5.09. The summed E-state index contributed by atoms with van der Waals surface area (Å²) in [6, 6.07) is 1.70. The first kappa shape index (κ1) is 9.69. The van der Waals surface area contributed by atoms with E-state index in [9.17, 15) is 5.11 Å². The number of aromatic nitrogens is 2. The van der Waals surface area contributed by atoms with E-state index in [1.54, 1.807) is 26.1 Å². The van der Waals surface area contributed by atoms with E-state index in [-0.39, 0.29) is 0 Å². The van der Waals surface area contributed by atoms with E-state index in [1.165, 1.54) is 0 Å². The average Bonchev–Trinajstić information content (AvgIpc) is 2.14. The van der Waals surface area contributed by atoms with Crippen molar-refractivity contribution >= 4 is 0 Å². The number of hydrogen-bond donors (Lipinski definition) is 1. The van der Waals surface area contributed by atoms with Crippen LogP contribution in [-0.2, 0) is 0 Å². The van der Waals surface area contributed by atoms with Crippen LogP contribution in [0, 0.1) is 18.8 Å². The summed E-state index contributed by atoms with van der Waals surface area (Å²) in [6.07, 6.45) is 1.46. The summed E-state index contributed by atoms with van der Waals surface area (Å²) in [5, 5.41) is 9.58. The molecule has 0 radical (unpaired) electrons.